The minimum absolute atomic E-state index is 0.0600. The van der Waals surface area contributed by atoms with Crippen LogP contribution in [0.2, 0.25) is 0 Å². The number of esters is 1. The molecule has 30 heavy (non-hydrogen) atoms. The average molecular weight is 441 g/mol. The number of hydrogen-bond donors (Lipinski definition) is 1. The maximum atomic E-state index is 13.4. The Hall–Kier alpha value is -2.13. The molecule has 1 aliphatic heterocycles. The number of ether oxygens (including phenoxy) is 2. The third-order valence-electron chi connectivity index (χ3n) is 5.61. The van der Waals surface area contributed by atoms with Gasteiger partial charge in [-0.1, -0.05) is 20.8 Å². The molecule has 1 amide bonds. The van der Waals surface area contributed by atoms with E-state index in [-0.39, 0.29) is 28.0 Å². The molecule has 3 unspecified atom stereocenters. The number of hydrogen-bond acceptors (Lipinski definition) is 6. The number of sulfonamides is 1. The fraction of sp³-hybridized carbons (Fsp3) is 0.619. The summed E-state index contributed by atoms with van der Waals surface area (Å²) in [6.07, 6.45) is 1.28. The van der Waals surface area contributed by atoms with Crippen molar-refractivity contribution in [1.82, 2.24) is 9.62 Å². The fourth-order valence-corrected chi connectivity index (χ4v) is 5.65. The van der Waals surface area contributed by atoms with Crippen LogP contribution in [0.5, 0.6) is 5.75 Å². The van der Waals surface area contributed by atoms with Crippen molar-refractivity contribution in [2.45, 2.75) is 51.0 Å². The van der Waals surface area contributed by atoms with Crippen LogP contribution in [0, 0.1) is 11.8 Å². The molecule has 0 aliphatic carbocycles. The van der Waals surface area contributed by atoms with Crippen LogP contribution in [0.1, 0.15) is 50.9 Å². The highest BCUT2D eigenvalue weighted by Crippen LogP contribution is 2.32. The summed E-state index contributed by atoms with van der Waals surface area (Å²) in [5.74, 6) is -0.485. The number of methoxy groups -OCH3 is 2. The van der Waals surface area contributed by atoms with Gasteiger partial charge in [0.25, 0.3) is 5.91 Å². The smallest absolute Gasteiger partial charge is 0.331 e. The number of piperidine rings is 1. The highest BCUT2D eigenvalue weighted by Gasteiger charge is 2.36. The summed E-state index contributed by atoms with van der Waals surface area (Å²) in [5, 5.41) is 2.66. The summed E-state index contributed by atoms with van der Waals surface area (Å²) in [4.78, 5) is 24.8. The molecule has 2 rings (SSSR count). The first-order valence-corrected chi connectivity index (χ1v) is 11.5. The summed E-state index contributed by atoms with van der Waals surface area (Å²) in [5.41, 5.74) is -1.10. The summed E-state index contributed by atoms with van der Waals surface area (Å²) in [7, 11) is -1.22. The number of carbonyl (C=O) groups excluding carboxylic acids is 2. The van der Waals surface area contributed by atoms with Gasteiger partial charge in [-0.05, 0) is 49.8 Å². The quantitative estimate of drug-likeness (QED) is 0.654. The molecule has 1 aromatic rings. The lowest BCUT2D eigenvalue weighted by atomic mass is 9.94. The van der Waals surface area contributed by atoms with Crippen LogP contribution in [0.15, 0.2) is 23.1 Å². The number of benzene rings is 1. The first-order valence-electron chi connectivity index (χ1n) is 10.1. The number of nitrogens with zero attached hydrogens (tertiary/aromatic N) is 1. The van der Waals surface area contributed by atoms with Gasteiger partial charge < -0.3 is 14.8 Å². The maximum Gasteiger partial charge on any atom is 0.331 e. The molecule has 1 N–H and O–H groups in total. The minimum atomic E-state index is -3.86. The Kier molecular flexibility index (Phi) is 7.52. The van der Waals surface area contributed by atoms with Crippen molar-refractivity contribution in [3.63, 3.8) is 0 Å². The summed E-state index contributed by atoms with van der Waals surface area (Å²) < 4.78 is 38.2. The van der Waals surface area contributed by atoms with E-state index in [9.17, 15) is 18.0 Å². The lowest BCUT2D eigenvalue weighted by molar-refractivity contribution is -0.147. The van der Waals surface area contributed by atoms with E-state index >= 15 is 0 Å². The Morgan fingerprint density at radius 3 is 2.30 bits per heavy atom. The molecule has 0 spiro atoms. The SMILES string of the molecule is CCC(C)(NC(=O)c1ccc(OC)c(S(=O)(=O)N2CC(C)CC(C)C2)c1)C(=O)OC. The third kappa shape index (κ3) is 4.95. The van der Waals surface area contributed by atoms with Crippen LogP contribution in [0.25, 0.3) is 0 Å². The molecule has 1 heterocycles. The monoisotopic (exact) mass is 440 g/mol. The van der Waals surface area contributed by atoms with Crippen LogP contribution in [0.3, 0.4) is 0 Å². The number of amides is 1. The molecule has 168 valence electrons. The van der Waals surface area contributed by atoms with Gasteiger partial charge in [0.2, 0.25) is 10.0 Å². The van der Waals surface area contributed by atoms with E-state index in [2.05, 4.69) is 5.32 Å². The van der Waals surface area contributed by atoms with Crippen LogP contribution in [-0.4, -0.2) is 57.4 Å². The van der Waals surface area contributed by atoms with Crippen LogP contribution in [0.4, 0.5) is 0 Å². The molecule has 1 aromatic carbocycles. The van der Waals surface area contributed by atoms with Crippen molar-refractivity contribution >= 4 is 21.9 Å². The lowest BCUT2D eigenvalue weighted by Crippen LogP contribution is -2.52. The average Bonchev–Trinajstić information content (AvgIpc) is 2.71. The minimum Gasteiger partial charge on any atom is -0.495 e. The van der Waals surface area contributed by atoms with Gasteiger partial charge in [-0.15, -0.1) is 0 Å². The first kappa shape index (κ1) is 24.1. The Morgan fingerprint density at radius 1 is 1.20 bits per heavy atom. The van der Waals surface area contributed by atoms with Gasteiger partial charge in [-0.25, -0.2) is 13.2 Å². The predicted molar refractivity (Wildman–Crippen MR) is 113 cm³/mol. The van der Waals surface area contributed by atoms with E-state index in [0.717, 1.165) is 6.42 Å². The zero-order chi connectivity index (χ0) is 22.7. The maximum absolute atomic E-state index is 13.4. The molecule has 1 aliphatic rings. The van der Waals surface area contributed by atoms with Gasteiger partial charge in [-0.3, -0.25) is 4.79 Å². The highest BCUT2D eigenvalue weighted by molar-refractivity contribution is 7.89. The van der Waals surface area contributed by atoms with Crippen molar-refractivity contribution in [3.05, 3.63) is 23.8 Å². The second-order valence-electron chi connectivity index (χ2n) is 8.27. The molecular weight excluding hydrogens is 408 g/mol. The van der Waals surface area contributed by atoms with Crippen molar-refractivity contribution in [1.29, 1.82) is 0 Å². The van der Waals surface area contributed by atoms with Gasteiger partial charge in [-0.2, -0.15) is 4.31 Å². The van der Waals surface area contributed by atoms with Crippen molar-refractivity contribution in [3.8, 4) is 5.75 Å². The molecule has 8 nitrogen and oxygen atoms in total. The van der Waals surface area contributed by atoms with E-state index in [1.54, 1.807) is 13.8 Å². The molecule has 1 fully saturated rings. The second kappa shape index (κ2) is 9.34. The van der Waals surface area contributed by atoms with E-state index in [1.807, 2.05) is 13.8 Å². The van der Waals surface area contributed by atoms with Crippen LogP contribution < -0.4 is 10.1 Å². The fourth-order valence-electron chi connectivity index (χ4n) is 3.79. The summed E-state index contributed by atoms with van der Waals surface area (Å²) in [6, 6.07) is 4.24. The van der Waals surface area contributed by atoms with Gasteiger partial charge in [0.15, 0.2) is 0 Å². The molecule has 3 atom stereocenters. The first-order chi connectivity index (χ1) is 14.0. The van der Waals surface area contributed by atoms with Crippen molar-refractivity contribution in [2.24, 2.45) is 11.8 Å². The van der Waals surface area contributed by atoms with Gasteiger partial charge in [0, 0.05) is 18.7 Å². The Balaban J connectivity index is 2.42. The molecule has 0 radical (unpaired) electrons. The zero-order valence-corrected chi connectivity index (χ0v) is 19.3. The van der Waals surface area contributed by atoms with Crippen molar-refractivity contribution < 1.29 is 27.5 Å². The largest absolute Gasteiger partial charge is 0.495 e. The molecule has 9 heteroatoms. The number of nitrogens with one attached hydrogen (secondary N) is 1. The van der Waals surface area contributed by atoms with Crippen LogP contribution >= 0.6 is 0 Å². The van der Waals surface area contributed by atoms with Gasteiger partial charge in [0.05, 0.1) is 14.2 Å². The third-order valence-corrected chi connectivity index (χ3v) is 7.46. The lowest BCUT2D eigenvalue weighted by Gasteiger charge is -2.34. The van der Waals surface area contributed by atoms with Crippen molar-refractivity contribution in [2.75, 3.05) is 27.3 Å². The standard InChI is InChI=1S/C21H32N2O6S/c1-7-21(4,20(25)29-6)22-19(24)16-8-9-17(28-5)18(11-16)30(26,27)23-12-14(2)10-15(3)13-23/h8-9,11,14-15H,7,10,12-13H2,1-6H3,(H,22,24). The Bertz CT molecular complexity index is 891. The van der Waals surface area contributed by atoms with Gasteiger partial charge >= 0.3 is 5.97 Å². The summed E-state index contributed by atoms with van der Waals surface area (Å²) in [6.45, 7) is 8.20. The zero-order valence-electron chi connectivity index (χ0n) is 18.5. The topological polar surface area (TPSA) is 102 Å². The number of carbonyl (C=O) groups is 2. The highest BCUT2D eigenvalue weighted by atomic mass is 32.2. The second-order valence-corrected chi connectivity index (χ2v) is 10.2. The normalized spacial score (nSPS) is 22.1. The van der Waals surface area contributed by atoms with Gasteiger partial charge in [0.1, 0.15) is 16.2 Å². The molecule has 0 saturated carbocycles. The Labute approximate surface area is 179 Å². The number of rotatable bonds is 7. The molecule has 1 saturated heterocycles. The summed E-state index contributed by atoms with van der Waals surface area (Å²) >= 11 is 0. The molecule has 0 bridgehead atoms. The van der Waals surface area contributed by atoms with E-state index < -0.39 is 27.4 Å². The van der Waals surface area contributed by atoms with Crippen LogP contribution in [-0.2, 0) is 19.6 Å². The van der Waals surface area contributed by atoms with E-state index in [4.69, 9.17) is 9.47 Å². The van der Waals surface area contributed by atoms with E-state index in [1.165, 1.54) is 36.7 Å². The Morgan fingerprint density at radius 2 is 1.80 bits per heavy atom. The predicted octanol–water partition coefficient (Wildman–Crippen LogP) is 2.43. The molecule has 0 aromatic heterocycles. The molecular formula is C21H32N2O6S. The van der Waals surface area contributed by atoms with E-state index in [0.29, 0.717) is 19.5 Å².